The topological polar surface area (TPSA) is 56.7 Å². The SMILES string of the molecule is C#CCNC(=NCCC(=O)N(C)C)NCC.I. The summed E-state index contributed by atoms with van der Waals surface area (Å²) in [5, 5.41) is 5.99. The number of aliphatic imine (C=N–C) groups is 1. The lowest BCUT2D eigenvalue weighted by Crippen LogP contribution is -2.37. The van der Waals surface area contributed by atoms with Crippen LogP contribution in [0.15, 0.2) is 4.99 Å². The van der Waals surface area contributed by atoms with E-state index in [0.29, 0.717) is 25.5 Å². The highest BCUT2D eigenvalue weighted by Gasteiger charge is 2.02. The predicted octanol–water partition coefficient (Wildman–Crippen LogP) is 0.271. The predicted molar refractivity (Wildman–Crippen MR) is 81.5 cm³/mol. The molecule has 0 aliphatic heterocycles. The lowest BCUT2D eigenvalue weighted by Gasteiger charge is -2.10. The average Bonchev–Trinajstić information content (AvgIpc) is 2.25. The van der Waals surface area contributed by atoms with E-state index in [9.17, 15) is 4.79 Å². The summed E-state index contributed by atoms with van der Waals surface area (Å²) in [5.41, 5.74) is 0. The zero-order valence-corrected chi connectivity index (χ0v) is 12.9. The van der Waals surface area contributed by atoms with Crippen LogP contribution < -0.4 is 10.6 Å². The number of carbonyl (C=O) groups is 1. The molecule has 0 aromatic rings. The Morgan fingerprint density at radius 3 is 2.53 bits per heavy atom. The van der Waals surface area contributed by atoms with Crippen LogP contribution in [-0.4, -0.2) is 50.5 Å². The molecule has 17 heavy (non-hydrogen) atoms. The third-order valence-corrected chi connectivity index (χ3v) is 1.80. The largest absolute Gasteiger partial charge is 0.357 e. The maximum Gasteiger partial charge on any atom is 0.223 e. The molecule has 0 radical (unpaired) electrons. The van der Waals surface area contributed by atoms with Gasteiger partial charge >= 0.3 is 0 Å². The van der Waals surface area contributed by atoms with Gasteiger partial charge in [0, 0.05) is 27.1 Å². The van der Waals surface area contributed by atoms with Gasteiger partial charge in [0.15, 0.2) is 5.96 Å². The Labute approximate surface area is 120 Å². The maximum absolute atomic E-state index is 11.3. The quantitative estimate of drug-likeness (QED) is 0.323. The molecule has 5 nitrogen and oxygen atoms in total. The highest BCUT2D eigenvalue weighted by atomic mass is 127. The number of halogens is 1. The fraction of sp³-hybridized carbons (Fsp3) is 0.636. The van der Waals surface area contributed by atoms with Crippen LogP contribution in [0.3, 0.4) is 0 Å². The zero-order valence-electron chi connectivity index (χ0n) is 10.6. The van der Waals surface area contributed by atoms with Gasteiger partial charge in [-0.25, -0.2) is 0 Å². The number of amides is 1. The molecule has 6 heteroatoms. The molecular formula is C11H21IN4O. The van der Waals surface area contributed by atoms with E-state index >= 15 is 0 Å². The van der Waals surface area contributed by atoms with Crippen molar-refractivity contribution in [3.63, 3.8) is 0 Å². The fourth-order valence-electron chi connectivity index (χ4n) is 0.963. The summed E-state index contributed by atoms with van der Waals surface area (Å²) < 4.78 is 0. The van der Waals surface area contributed by atoms with Crippen LogP contribution in [0.25, 0.3) is 0 Å². The molecule has 0 bridgehead atoms. The molecule has 0 aliphatic rings. The third-order valence-electron chi connectivity index (χ3n) is 1.80. The molecule has 98 valence electrons. The number of nitrogens with one attached hydrogen (secondary N) is 2. The summed E-state index contributed by atoms with van der Waals surface area (Å²) in [5.74, 6) is 3.18. The van der Waals surface area contributed by atoms with Gasteiger partial charge in [-0.3, -0.25) is 9.79 Å². The molecular weight excluding hydrogens is 331 g/mol. The lowest BCUT2D eigenvalue weighted by molar-refractivity contribution is -0.128. The molecule has 0 fully saturated rings. The van der Waals surface area contributed by atoms with Crippen molar-refractivity contribution in [3.8, 4) is 12.3 Å². The van der Waals surface area contributed by atoms with Gasteiger partial charge in [0.1, 0.15) is 0 Å². The molecule has 0 aromatic heterocycles. The van der Waals surface area contributed by atoms with Gasteiger partial charge in [-0.05, 0) is 6.92 Å². The number of guanidine groups is 1. The molecule has 0 unspecified atom stereocenters. The Balaban J connectivity index is 0. The zero-order chi connectivity index (χ0) is 12.4. The van der Waals surface area contributed by atoms with E-state index in [1.54, 1.807) is 19.0 Å². The van der Waals surface area contributed by atoms with Crippen molar-refractivity contribution in [1.29, 1.82) is 0 Å². The molecule has 0 heterocycles. The van der Waals surface area contributed by atoms with Crippen LogP contribution in [0.2, 0.25) is 0 Å². The summed E-state index contributed by atoms with van der Waals surface area (Å²) in [6.07, 6.45) is 5.54. The number of terminal acetylenes is 1. The molecule has 2 N–H and O–H groups in total. The lowest BCUT2D eigenvalue weighted by atomic mass is 10.4. The minimum absolute atomic E-state index is 0. The minimum atomic E-state index is 0. The molecule has 0 aromatic carbocycles. The summed E-state index contributed by atoms with van der Waals surface area (Å²) >= 11 is 0. The summed E-state index contributed by atoms with van der Waals surface area (Å²) in [4.78, 5) is 17.1. The van der Waals surface area contributed by atoms with Crippen LogP contribution in [-0.2, 0) is 4.79 Å². The number of carbonyl (C=O) groups excluding carboxylic acids is 1. The van der Waals surface area contributed by atoms with Crippen molar-refractivity contribution in [3.05, 3.63) is 0 Å². The van der Waals surface area contributed by atoms with E-state index in [1.807, 2.05) is 6.92 Å². The normalized spacial score (nSPS) is 9.88. The number of hydrogen-bond donors (Lipinski definition) is 2. The van der Waals surface area contributed by atoms with Crippen LogP contribution in [0.5, 0.6) is 0 Å². The van der Waals surface area contributed by atoms with Gasteiger partial charge in [0.25, 0.3) is 0 Å². The summed E-state index contributed by atoms with van der Waals surface area (Å²) in [6.45, 7) is 3.61. The van der Waals surface area contributed by atoms with E-state index in [2.05, 4.69) is 21.5 Å². The highest BCUT2D eigenvalue weighted by Crippen LogP contribution is 1.87. The maximum atomic E-state index is 11.3. The van der Waals surface area contributed by atoms with Crippen molar-refractivity contribution in [2.75, 3.05) is 33.7 Å². The molecule has 0 rings (SSSR count). The van der Waals surface area contributed by atoms with E-state index < -0.39 is 0 Å². The van der Waals surface area contributed by atoms with Crippen LogP contribution in [0.1, 0.15) is 13.3 Å². The molecule has 1 amide bonds. The van der Waals surface area contributed by atoms with E-state index in [1.165, 1.54) is 0 Å². The second-order valence-electron chi connectivity index (χ2n) is 3.36. The standard InChI is InChI=1S/C11H20N4O.HI/c1-5-8-13-11(12-6-2)14-9-7-10(16)15(3)4;/h1H,6-9H2,2-4H3,(H2,12,13,14);1H. The van der Waals surface area contributed by atoms with Crippen molar-refractivity contribution in [1.82, 2.24) is 15.5 Å². The molecule has 0 saturated carbocycles. The molecule has 0 spiro atoms. The summed E-state index contributed by atoms with van der Waals surface area (Å²) in [6, 6.07) is 0. The molecule has 0 atom stereocenters. The van der Waals surface area contributed by atoms with Gasteiger partial charge in [-0.15, -0.1) is 30.4 Å². The number of rotatable bonds is 5. The van der Waals surface area contributed by atoms with Crippen molar-refractivity contribution in [2.45, 2.75) is 13.3 Å². The van der Waals surface area contributed by atoms with E-state index in [0.717, 1.165) is 6.54 Å². The first-order valence-electron chi connectivity index (χ1n) is 5.27. The number of nitrogens with zero attached hydrogens (tertiary/aromatic N) is 2. The van der Waals surface area contributed by atoms with Crippen molar-refractivity contribution >= 4 is 35.8 Å². The van der Waals surface area contributed by atoms with Crippen molar-refractivity contribution < 1.29 is 4.79 Å². The summed E-state index contributed by atoms with van der Waals surface area (Å²) in [7, 11) is 3.46. The second kappa shape index (κ2) is 11.5. The van der Waals surface area contributed by atoms with E-state index in [-0.39, 0.29) is 29.9 Å². The Hall–Kier alpha value is -0.970. The fourth-order valence-corrected chi connectivity index (χ4v) is 0.963. The molecule has 0 saturated heterocycles. The van der Waals surface area contributed by atoms with Crippen LogP contribution in [0.4, 0.5) is 0 Å². The van der Waals surface area contributed by atoms with Gasteiger partial charge in [0.05, 0.1) is 13.1 Å². The van der Waals surface area contributed by atoms with Gasteiger partial charge < -0.3 is 15.5 Å². The minimum Gasteiger partial charge on any atom is -0.357 e. The smallest absolute Gasteiger partial charge is 0.223 e. The Bertz CT molecular complexity index is 284. The van der Waals surface area contributed by atoms with E-state index in [4.69, 9.17) is 6.42 Å². The van der Waals surface area contributed by atoms with Gasteiger partial charge in [-0.1, -0.05) is 5.92 Å². The monoisotopic (exact) mass is 352 g/mol. The first-order chi connectivity index (χ1) is 7.61. The Morgan fingerprint density at radius 2 is 2.06 bits per heavy atom. The Kier molecular flexibility index (Phi) is 12.5. The Morgan fingerprint density at radius 1 is 1.41 bits per heavy atom. The first-order valence-corrected chi connectivity index (χ1v) is 5.27. The first kappa shape index (κ1) is 18.4. The average molecular weight is 352 g/mol. The highest BCUT2D eigenvalue weighted by molar-refractivity contribution is 14.0. The van der Waals surface area contributed by atoms with Crippen LogP contribution >= 0.6 is 24.0 Å². The number of hydrogen-bond acceptors (Lipinski definition) is 2. The second-order valence-corrected chi connectivity index (χ2v) is 3.36. The third kappa shape index (κ3) is 9.93. The molecule has 0 aliphatic carbocycles. The van der Waals surface area contributed by atoms with Crippen LogP contribution in [0, 0.1) is 12.3 Å². The van der Waals surface area contributed by atoms with Crippen molar-refractivity contribution in [2.24, 2.45) is 4.99 Å². The van der Waals surface area contributed by atoms with Gasteiger partial charge in [-0.2, -0.15) is 0 Å². The van der Waals surface area contributed by atoms with Gasteiger partial charge in [0.2, 0.25) is 5.91 Å².